The number of β-lactam (4-membered cyclic amide) rings is 1. The molecule has 0 bridgehead atoms. The number of carbonyl (C=O) groups is 1. The quantitative estimate of drug-likeness (QED) is 0.563. The highest BCUT2D eigenvalue weighted by atomic mass is 16.3. The Kier molecular flexibility index (Phi) is 5.05. The first-order valence-corrected chi connectivity index (χ1v) is 10.3. The SMILES string of the molecule is CCCCCCc1cc(-c2ccccc2)cc2c1[C@@H]1[C@@H]([C@@H](C)O)C(=O)N1C2. The van der Waals surface area contributed by atoms with Crippen molar-refractivity contribution in [3.05, 3.63) is 59.2 Å². The van der Waals surface area contributed by atoms with Gasteiger partial charge in [-0.1, -0.05) is 62.6 Å². The number of hydrogen-bond acceptors (Lipinski definition) is 2. The summed E-state index contributed by atoms with van der Waals surface area (Å²) in [6.45, 7) is 4.67. The van der Waals surface area contributed by atoms with Crippen molar-refractivity contribution in [3.8, 4) is 11.1 Å². The summed E-state index contributed by atoms with van der Waals surface area (Å²) >= 11 is 0. The highest BCUT2D eigenvalue weighted by molar-refractivity contribution is 5.89. The molecule has 3 nitrogen and oxygen atoms in total. The van der Waals surface area contributed by atoms with E-state index >= 15 is 0 Å². The minimum absolute atomic E-state index is 0.0681. The van der Waals surface area contributed by atoms with Crippen molar-refractivity contribution in [2.75, 3.05) is 0 Å². The first-order chi connectivity index (χ1) is 13.1. The summed E-state index contributed by atoms with van der Waals surface area (Å²) in [5.74, 6) is -0.174. The van der Waals surface area contributed by atoms with Crippen molar-refractivity contribution >= 4 is 5.91 Å². The Hall–Kier alpha value is -2.13. The number of carbonyl (C=O) groups excluding carboxylic acids is 1. The van der Waals surface area contributed by atoms with Gasteiger partial charge in [0.05, 0.1) is 18.1 Å². The summed E-state index contributed by atoms with van der Waals surface area (Å²) in [5, 5.41) is 10.1. The third-order valence-electron chi connectivity index (χ3n) is 6.16. The minimum atomic E-state index is -0.591. The van der Waals surface area contributed by atoms with Crippen molar-refractivity contribution in [3.63, 3.8) is 0 Å². The van der Waals surface area contributed by atoms with Gasteiger partial charge in [-0.25, -0.2) is 0 Å². The molecule has 2 heterocycles. The summed E-state index contributed by atoms with van der Waals surface area (Å²) in [4.78, 5) is 14.4. The molecule has 2 aliphatic heterocycles. The highest BCUT2D eigenvalue weighted by Gasteiger charge is 2.54. The molecule has 142 valence electrons. The van der Waals surface area contributed by atoms with E-state index in [2.05, 4.69) is 43.3 Å². The maximum absolute atomic E-state index is 12.5. The highest BCUT2D eigenvalue weighted by Crippen LogP contribution is 2.51. The van der Waals surface area contributed by atoms with Crippen LogP contribution < -0.4 is 0 Å². The minimum Gasteiger partial charge on any atom is -0.392 e. The number of nitrogens with zero attached hydrogens (tertiary/aromatic N) is 1. The number of fused-ring (bicyclic) bond motifs is 3. The molecule has 0 aromatic heterocycles. The lowest BCUT2D eigenvalue weighted by atomic mass is 9.79. The van der Waals surface area contributed by atoms with Crippen LogP contribution in [0, 0.1) is 5.92 Å². The van der Waals surface area contributed by atoms with Crippen LogP contribution in [0.3, 0.4) is 0 Å². The van der Waals surface area contributed by atoms with Gasteiger partial charge in [0, 0.05) is 6.54 Å². The van der Waals surface area contributed by atoms with E-state index in [4.69, 9.17) is 0 Å². The van der Waals surface area contributed by atoms with E-state index in [1.807, 2.05) is 11.0 Å². The third-order valence-corrected chi connectivity index (χ3v) is 6.16. The maximum Gasteiger partial charge on any atom is 0.231 e. The normalized spacial score (nSPS) is 21.6. The van der Waals surface area contributed by atoms with E-state index in [0.29, 0.717) is 6.54 Å². The molecule has 2 aromatic carbocycles. The van der Waals surface area contributed by atoms with E-state index in [1.165, 1.54) is 53.5 Å². The molecule has 0 aliphatic carbocycles. The first kappa shape index (κ1) is 18.2. The Bertz CT molecular complexity index is 828. The van der Waals surface area contributed by atoms with E-state index in [-0.39, 0.29) is 17.9 Å². The van der Waals surface area contributed by atoms with E-state index in [0.717, 1.165) is 6.42 Å². The lowest BCUT2D eigenvalue weighted by Gasteiger charge is -2.44. The van der Waals surface area contributed by atoms with Gasteiger partial charge in [-0.15, -0.1) is 0 Å². The predicted octanol–water partition coefficient (Wildman–Crippen LogP) is 4.87. The summed E-state index contributed by atoms with van der Waals surface area (Å²) in [6.07, 6.45) is 5.38. The molecule has 0 spiro atoms. The van der Waals surface area contributed by atoms with Crippen LogP contribution in [0.1, 0.15) is 62.3 Å². The van der Waals surface area contributed by atoms with Gasteiger partial charge in [-0.2, -0.15) is 0 Å². The molecular weight excluding hydrogens is 334 g/mol. The molecule has 1 fully saturated rings. The van der Waals surface area contributed by atoms with Crippen LogP contribution >= 0.6 is 0 Å². The van der Waals surface area contributed by atoms with Gasteiger partial charge in [0.1, 0.15) is 0 Å². The van der Waals surface area contributed by atoms with Gasteiger partial charge in [-0.05, 0) is 53.6 Å². The zero-order chi connectivity index (χ0) is 19.0. The molecular formula is C24H29NO2. The monoisotopic (exact) mass is 363 g/mol. The zero-order valence-corrected chi connectivity index (χ0v) is 16.3. The smallest absolute Gasteiger partial charge is 0.231 e. The van der Waals surface area contributed by atoms with Crippen LogP contribution in [0.2, 0.25) is 0 Å². The Balaban J connectivity index is 1.72. The standard InChI is InChI=1S/C24H29NO2/c1-3-4-5-7-12-18-13-19(17-10-8-6-9-11-17)14-20-15-25-23(22(18)20)21(16(2)26)24(25)27/h6,8-11,13-14,16,21,23,26H,3-5,7,12,15H2,1-2H3/t16-,21-,23+/m1/s1. The van der Waals surface area contributed by atoms with Crippen LogP contribution in [0.5, 0.6) is 0 Å². The molecule has 27 heavy (non-hydrogen) atoms. The van der Waals surface area contributed by atoms with Crippen LogP contribution in [0.25, 0.3) is 11.1 Å². The maximum atomic E-state index is 12.5. The second-order valence-corrected chi connectivity index (χ2v) is 8.06. The van der Waals surface area contributed by atoms with Crippen molar-refractivity contribution in [1.29, 1.82) is 0 Å². The predicted molar refractivity (Wildman–Crippen MR) is 108 cm³/mol. The van der Waals surface area contributed by atoms with Crippen LogP contribution in [0.15, 0.2) is 42.5 Å². The number of aliphatic hydroxyl groups excluding tert-OH is 1. The molecule has 1 N–H and O–H groups in total. The average molecular weight is 364 g/mol. The number of unbranched alkanes of at least 4 members (excludes halogenated alkanes) is 3. The molecule has 3 heteroatoms. The van der Waals surface area contributed by atoms with Crippen LogP contribution in [0.4, 0.5) is 0 Å². The van der Waals surface area contributed by atoms with Gasteiger partial charge in [0.15, 0.2) is 0 Å². The van der Waals surface area contributed by atoms with Crippen LogP contribution in [-0.2, 0) is 17.8 Å². The molecule has 0 unspecified atom stereocenters. The number of aryl methyl sites for hydroxylation is 1. The number of benzene rings is 2. The Morgan fingerprint density at radius 3 is 2.59 bits per heavy atom. The van der Waals surface area contributed by atoms with Gasteiger partial charge >= 0.3 is 0 Å². The fourth-order valence-corrected chi connectivity index (χ4v) is 4.78. The number of rotatable bonds is 7. The third kappa shape index (κ3) is 3.19. The molecule has 1 saturated heterocycles. The molecule has 4 rings (SSSR count). The Morgan fingerprint density at radius 2 is 1.89 bits per heavy atom. The number of hydrogen-bond donors (Lipinski definition) is 1. The first-order valence-electron chi connectivity index (χ1n) is 10.3. The fraction of sp³-hybridized carbons (Fsp3) is 0.458. The summed E-state index contributed by atoms with van der Waals surface area (Å²) < 4.78 is 0. The zero-order valence-electron chi connectivity index (χ0n) is 16.3. The molecule has 1 amide bonds. The second kappa shape index (κ2) is 7.47. The van der Waals surface area contributed by atoms with Crippen molar-refractivity contribution in [2.45, 2.75) is 64.6 Å². The van der Waals surface area contributed by atoms with Gasteiger partial charge < -0.3 is 10.0 Å². The topological polar surface area (TPSA) is 40.5 Å². The summed E-state index contributed by atoms with van der Waals surface area (Å²) in [5.41, 5.74) is 6.42. The van der Waals surface area contributed by atoms with Crippen molar-refractivity contribution < 1.29 is 9.90 Å². The van der Waals surface area contributed by atoms with Crippen molar-refractivity contribution in [1.82, 2.24) is 4.90 Å². The molecule has 2 aromatic rings. The molecule has 0 saturated carbocycles. The lowest BCUT2D eigenvalue weighted by Crippen LogP contribution is -2.55. The van der Waals surface area contributed by atoms with E-state index in [9.17, 15) is 9.90 Å². The largest absolute Gasteiger partial charge is 0.392 e. The Morgan fingerprint density at radius 1 is 1.11 bits per heavy atom. The van der Waals surface area contributed by atoms with Crippen molar-refractivity contribution in [2.24, 2.45) is 5.92 Å². The number of amides is 1. The fourth-order valence-electron chi connectivity index (χ4n) is 4.78. The molecule has 2 aliphatic rings. The van der Waals surface area contributed by atoms with Gasteiger partial charge in [0.2, 0.25) is 5.91 Å². The number of aliphatic hydroxyl groups is 1. The van der Waals surface area contributed by atoms with Gasteiger partial charge in [0.25, 0.3) is 0 Å². The van der Waals surface area contributed by atoms with E-state index in [1.54, 1.807) is 6.92 Å². The average Bonchev–Trinajstić information content (AvgIpc) is 3.00. The second-order valence-electron chi connectivity index (χ2n) is 8.06. The lowest BCUT2D eigenvalue weighted by molar-refractivity contribution is -0.163. The molecule has 3 atom stereocenters. The molecule has 0 radical (unpaired) electrons. The Labute approximate surface area is 162 Å². The van der Waals surface area contributed by atoms with Gasteiger partial charge in [-0.3, -0.25) is 4.79 Å². The summed E-state index contributed by atoms with van der Waals surface area (Å²) in [6, 6.07) is 15.1. The van der Waals surface area contributed by atoms with Crippen LogP contribution in [-0.4, -0.2) is 22.0 Å². The van der Waals surface area contributed by atoms with E-state index < -0.39 is 6.10 Å². The summed E-state index contributed by atoms with van der Waals surface area (Å²) in [7, 11) is 0.